The third-order valence-corrected chi connectivity index (χ3v) is 3.92. The van der Waals surface area contributed by atoms with Gasteiger partial charge in [-0.2, -0.15) is 5.10 Å². The number of benzene rings is 1. The van der Waals surface area contributed by atoms with Gasteiger partial charge in [-0.25, -0.2) is 5.43 Å². The molecule has 2 aromatic rings. The summed E-state index contributed by atoms with van der Waals surface area (Å²) < 4.78 is 5.71. The van der Waals surface area contributed by atoms with Crippen LogP contribution in [0.5, 0.6) is 0 Å². The summed E-state index contributed by atoms with van der Waals surface area (Å²) in [7, 11) is 0. The van der Waals surface area contributed by atoms with E-state index in [1.54, 1.807) is 24.3 Å². The number of carbonyl (C=O) groups is 2. The van der Waals surface area contributed by atoms with Gasteiger partial charge in [0, 0.05) is 18.0 Å². The number of rotatable bonds is 3. The van der Waals surface area contributed by atoms with Crippen LogP contribution in [-0.4, -0.2) is 17.5 Å². The van der Waals surface area contributed by atoms with Crippen LogP contribution in [0.15, 0.2) is 50.6 Å². The van der Waals surface area contributed by atoms with E-state index in [9.17, 15) is 9.59 Å². The van der Waals surface area contributed by atoms with Gasteiger partial charge in [0.15, 0.2) is 10.4 Å². The maximum atomic E-state index is 12.0. The fourth-order valence-corrected chi connectivity index (χ4v) is 2.66. The molecule has 1 aliphatic rings. The zero-order chi connectivity index (χ0) is 16.4. The lowest BCUT2D eigenvalue weighted by atomic mass is 9.94. The van der Waals surface area contributed by atoms with Crippen LogP contribution < -0.4 is 10.7 Å². The van der Waals surface area contributed by atoms with Gasteiger partial charge in [-0.05, 0) is 45.8 Å². The van der Waals surface area contributed by atoms with Crippen molar-refractivity contribution in [3.05, 3.63) is 52.4 Å². The average molecular weight is 376 g/mol. The summed E-state index contributed by atoms with van der Waals surface area (Å²) in [5.41, 5.74) is 4.89. The minimum Gasteiger partial charge on any atom is -0.444 e. The Morgan fingerprint density at radius 1 is 1.30 bits per heavy atom. The van der Waals surface area contributed by atoms with Crippen molar-refractivity contribution in [1.82, 2.24) is 5.43 Å². The third-order valence-electron chi connectivity index (χ3n) is 3.49. The van der Waals surface area contributed by atoms with E-state index in [0.29, 0.717) is 16.8 Å². The van der Waals surface area contributed by atoms with Gasteiger partial charge in [-0.15, -0.1) is 0 Å². The fourth-order valence-electron chi connectivity index (χ4n) is 2.36. The Bertz CT molecular complexity index is 780. The number of nitrogens with one attached hydrogen (secondary N) is 2. The molecule has 6 nitrogen and oxygen atoms in total. The van der Waals surface area contributed by atoms with E-state index < -0.39 is 0 Å². The predicted molar refractivity (Wildman–Crippen MR) is 89.3 cm³/mol. The molecule has 1 aromatic heterocycles. The Morgan fingerprint density at radius 3 is 2.65 bits per heavy atom. The monoisotopic (exact) mass is 375 g/mol. The Hall–Kier alpha value is -2.41. The molecule has 1 aromatic carbocycles. The highest BCUT2D eigenvalue weighted by molar-refractivity contribution is 9.10. The van der Waals surface area contributed by atoms with Crippen molar-refractivity contribution < 1.29 is 14.0 Å². The van der Waals surface area contributed by atoms with Crippen LogP contribution in [0.3, 0.4) is 0 Å². The molecule has 3 rings (SSSR count). The summed E-state index contributed by atoms with van der Waals surface area (Å²) in [5.74, 6) is -0.104. The SMILES string of the molecule is CC1CC(=O)NN=C1c1ccc(NC(=O)c2ccc(Br)o2)cc1. The number of amides is 2. The molecule has 0 bridgehead atoms. The summed E-state index contributed by atoms with van der Waals surface area (Å²) >= 11 is 3.16. The summed E-state index contributed by atoms with van der Waals surface area (Å²) in [5, 5.41) is 6.87. The van der Waals surface area contributed by atoms with Gasteiger partial charge in [0.25, 0.3) is 5.91 Å². The molecule has 1 unspecified atom stereocenters. The summed E-state index contributed by atoms with van der Waals surface area (Å²) in [6.45, 7) is 1.96. The summed E-state index contributed by atoms with van der Waals surface area (Å²) in [4.78, 5) is 23.3. The van der Waals surface area contributed by atoms with Crippen LogP contribution in [0.2, 0.25) is 0 Å². The van der Waals surface area contributed by atoms with Gasteiger partial charge in [-0.3, -0.25) is 9.59 Å². The number of hydrazone groups is 1. The first-order valence-electron chi connectivity index (χ1n) is 7.06. The molecule has 2 N–H and O–H groups in total. The second kappa shape index (κ2) is 6.37. The minimum absolute atomic E-state index is 0.0599. The topological polar surface area (TPSA) is 83.7 Å². The molecule has 23 heavy (non-hydrogen) atoms. The normalized spacial score (nSPS) is 17.4. The van der Waals surface area contributed by atoms with Gasteiger partial charge in [0.05, 0.1) is 5.71 Å². The molecule has 118 valence electrons. The van der Waals surface area contributed by atoms with E-state index in [4.69, 9.17) is 4.42 Å². The smallest absolute Gasteiger partial charge is 0.291 e. The lowest BCUT2D eigenvalue weighted by Gasteiger charge is -2.19. The standard InChI is InChI=1S/C16H14BrN3O3/c1-9-8-14(21)19-20-15(9)10-2-4-11(5-3-10)18-16(22)12-6-7-13(17)23-12/h2-7,9H,8H2,1H3,(H,18,22)(H,19,21). The molecule has 2 heterocycles. The van der Waals surface area contributed by atoms with Crippen LogP contribution in [-0.2, 0) is 4.79 Å². The summed E-state index contributed by atoms with van der Waals surface area (Å²) in [6.07, 6.45) is 0.421. The van der Waals surface area contributed by atoms with E-state index in [1.807, 2.05) is 19.1 Å². The molecule has 7 heteroatoms. The van der Waals surface area contributed by atoms with Crippen molar-refractivity contribution in [3.8, 4) is 0 Å². The molecular weight excluding hydrogens is 362 g/mol. The largest absolute Gasteiger partial charge is 0.444 e. The van der Waals surface area contributed by atoms with Crippen LogP contribution in [0.1, 0.15) is 29.5 Å². The number of furan rings is 1. The third kappa shape index (κ3) is 3.50. The van der Waals surface area contributed by atoms with Crippen molar-refractivity contribution >= 4 is 39.1 Å². The predicted octanol–water partition coefficient (Wildman–Crippen LogP) is 3.15. The average Bonchev–Trinajstić information content (AvgIpc) is 2.95. The van der Waals surface area contributed by atoms with Gasteiger partial charge in [0.1, 0.15) is 0 Å². The van der Waals surface area contributed by atoms with E-state index in [0.717, 1.165) is 11.3 Å². The molecule has 0 saturated carbocycles. The molecule has 0 radical (unpaired) electrons. The first-order chi connectivity index (χ1) is 11.0. The van der Waals surface area contributed by atoms with Crippen molar-refractivity contribution in [2.45, 2.75) is 13.3 Å². The molecule has 1 aliphatic heterocycles. The molecule has 1 atom stereocenters. The Labute approximate surface area is 141 Å². The van der Waals surface area contributed by atoms with E-state index in [2.05, 4.69) is 31.8 Å². The van der Waals surface area contributed by atoms with Crippen LogP contribution in [0, 0.1) is 5.92 Å². The van der Waals surface area contributed by atoms with Crippen molar-refractivity contribution in [2.24, 2.45) is 11.0 Å². The van der Waals surface area contributed by atoms with Crippen molar-refractivity contribution in [1.29, 1.82) is 0 Å². The number of anilines is 1. The molecule has 0 fully saturated rings. The quantitative estimate of drug-likeness (QED) is 0.863. The number of hydrogen-bond donors (Lipinski definition) is 2. The first-order valence-corrected chi connectivity index (χ1v) is 7.86. The van der Waals surface area contributed by atoms with E-state index in [-0.39, 0.29) is 23.5 Å². The molecule has 0 spiro atoms. The van der Waals surface area contributed by atoms with Gasteiger partial charge >= 0.3 is 0 Å². The Kier molecular flexibility index (Phi) is 4.29. The maximum absolute atomic E-state index is 12.0. The van der Waals surface area contributed by atoms with E-state index >= 15 is 0 Å². The lowest BCUT2D eigenvalue weighted by Crippen LogP contribution is -2.31. The molecule has 0 saturated heterocycles. The lowest BCUT2D eigenvalue weighted by molar-refractivity contribution is -0.121. The van der Waals surface area contributed by atoms with Crippen LogP contribution in [0.25, 0.3) is 0 Å². The first kappa shape index (κ1) is 15.5. The van der Waals surface area contributed by atoms with E-state index in [1.165, 1.54) is 0 Å². The highest BCUT2D eigenvalue weighted by Gasteiger charge is 2.21. The number of hydrogen-bond acceptors (Lipinski definition) is 4. The minimum atomic E-state index is -0.320. The summed E-state index contributed by atoms with van der Waals surface area (Å²) in [6, 6.07) is 10.6. The van der Waals surface area contributed by atoms with Crippen molar-refractivity contribution in [2.75, 3.05) is 5.32 Å². The van der Waals surface area contributed by atoms with Gasteiger partial charge in [0.2, 0.25) is 5.91 Å². The second-order valence-corrected chi connectivity index (χ2v) is 6.05. The zero-order valence-corrected chi connectivity index (χ0v) is 13.9. The van der Waals surface area contributed by atoms with Crippen molar-refractivity contribution in [3.63, 3.8) is 0 Å². The highest BCUT2D eigenvalue weighted by atomic mass is 79.9. The Balaban J connectivity index is 1.72. The fraction of sp³-hybridized carbons (Fsp3) is 0.188. The number of halogens is 1. The van der Waals surface area contributed by atoms with Gasteiger partial charge < -0.3 is 9.73 Å². The number of carbonyl (C=O) groups excluding carboxylic acids is 2. The Morgan fingerprint density at radius 2 is 2.04 bits per heavy atom. The highest BCUT2D eigenvalue weighted by Crippen LogP contribution is 2.20. The van der Waals surface area contributed by atoms with Crippen LogP contribution >= 0.6 is 15.9 Å². The molecular formula is C16H14BrN3O3. The molecule has 0 aliphatic carbocycles. The maximum Gasteiger partial charge on any atom is 0.291 e. The number of nitrogens with zero attached hydrogens (tertiary/aromatic N) is 1. The molecule has 2 amide bonds. The second-order valence-electron chi connectivity index (χ2n) is 5.27. The zero-order valence-electron chi connectivity index (χ0n) is 12.3. The van der Waals surface area contributed by atoms with Gasteiger partial charge in [-0.1, -0.05) is 19.1 Å². The van der Waals surface area contributed by atoms with Crippen LogP contribution in [0.4, 0.5) is 5.69 Å².